The van der Waals surface area contributed by atoms with Crippen molar-refractivity contribution in [1.29, 1.82) is 0 Å². The summed E-state index contributed by atoms with van der Waals surface area (Å²) < 4.78 is 5.46. The number of carbonyl (C=O) groups excluding carboxylic acids is 4. The summed E-state index contributed by atoms with van der Waals surface area (Å²) in [6, 6.07) is 4.79. The van der Waals surface area contributed by atoms with Crippen LogP contribution in [0.2, 0.25) is 0 Å². The van der Waals surface area contributed by atoms with Gasteiger partial charge in [0, 0.05) is 36.1 Å². The highest BCUT2D eigenvalue weighted by Crippen LogP contribution is 2.55. The summed E-state index contributed by atoms with van der Waals surface area (Å²) in [6.07, 6.45) is 5.34. The standard InChI is InChI=1S/C29H28BrNO8/c1-39-22-11-14(6-9-20(22)32)24-15-7-8-16-25(17(15)12-18-26(24)21(33)13-19(30)27(18)36)29(38)31(28(16)37)10-4-2-3-5-23(34)35/h6-7,9,11,13,16-17,24-25,32H,2-5,8,10,12H2,1H3,(H,34,35). The van der Waals surface area contributed by atoms with Crippen molar-refractivity contribution >= 4 is 45.3 Å². The van der Waals surface area contributed by atoms with Crippen molar-refractivity contribution in [3.8, 4) is 11.5 Å². The number of hydrogen-bond donors (Lipinski definition) is 2. The average Bonchev–Trinajstić information content (AvgIpc) is 3.15. The van der Waals surface area contributed by atoms with Gasteiger partial charge >= 0.3 is 5.97 Å². The van der Waals surface area contributed by atoms with Gasteiger partial charge in [0.05, 0.1) is 23.4 Å². The van der Waals surface area contributed by atoms with Crippen LogP contribution in [0.3, 0.4) is 0 Å². The maximum atomic E-state index is 13.7. The van der Waals surface area contributed by atoms with Crippen molar-refractivity contribution < 1.29 is 38.9 Å². The molecule has 10 heteroatoms. The van der Waals surface area contributed by atoms with Gasteiger partial charge in [0.1, 0.15) is 0 Å². The van der Waals surface area contributed by atoms with E-state index in [1.54, 1.807) is 12.1 Å². The molecule has 0 aromatic heterocycles. The lowest BCUT2D eigenvalue weighted by atomic mass is 9.59. The number of carboxylic acid groups (broad SMARTS) is 1. The third-order valence-electron chi connectivity index (χ3n) is 8.23. The second kappa shape index (κ2) is 10.6. The quantitative estimate of drug-likeness (QED) is 0.200. The Hall–Kier alpha value is -3.53. The van der Waals surface area contributed by atoms with Gasteiger partial charge in [0.15, 0.2) is 23.1 Å². The number of carboxylic acids is 1. The number of ketones is 2. The molecule has 2 N–H and O–H groups in total. The van der Waals surface area contributed by atoms with Crippen molar-refractivity contribution in [3.63, 3.8) is 0 Å². The molecule has 9 nitrogen and oxygen atoms in total. The molecular weight excluding hydrogens is 570 g/mol. The van der Waals surface area contributed by atoms with Crippen molar-refractivity contribution in [3.05, 3.63) is 57.1 Å². The number of amides is 2. The van der Waals surface area contributed by atoms with E-state index in [4.69, 9.17) is 9.84 Å². The van der Waals surface area contributed by atoms with Gasteiger partial charge in [-0.2, -0.15) is 0 Å². The van der Waals surface area contributed by atoms with Gasteiger partial charge in [-0.15, -0.1) is 0 Å². The fraction of sp³-hybridized carbons (Fsp3) is 0.414. The summed E-state index contributed by atoms with van der Waals surface area (Å²) in [5.41, 5.74) is 2.15. The molecule has 3 aliphatic carbocycles. The topological polar surface area (TPSA) is 138 Å². The van der Waals surface area contributed by atoms with Crippen LogP contribution < -0.4 is 4.74 Å². The number of methoxy groups -OCH3 is 1. The van der Waals surface area contributed by atoms with E-state index in [0.717, 1.165) is 5.57 Å². The molecule has 0 saturated carbocycles. The van der Waals surface area contributed by atoms with Gasteiger partial charge in [-0.05, 0) is 65.2 Å². The minimum absolute atomic E-state index is 0.0418. The Morgan fingerprint density at radius 2 is 1.87 bits per heavy atom. The van der Waals surface area contributed by atoms with Gasteiger partial charge in [0.2, 0.25) is 11.8 Å². The maximum Gasteiger partial charge on any atom is 0.303 e. The van der Waals surface area contributed by atoms with Crippen molar-refractivity contribution in [2.45, 2.75) is 44.4 Å². The number of unbranched alkanes of at least 4 members (excludes halogenated alkanes) is 2. The van der Waals surface area contributed by atoms with Crippen LogP contribution in [0.4, 0.5) is 0 Å². The van der Waals surface area contributed by atoms with Crippen LogP contribution in [0.15, 0.2) is 51.6 Å². The van der Waals surface area contributed by atoms with Gasteiger partial charge in [0.25, 0.3) is 0 Å². The lowest BCUT2D eigenvalue weighted by Crippen LogP contribution is -2.39. The van der Waals surface area contributed by atoms with Gasteiger partial charge in [-0.1, -0.05) is 24.1 Å². The average molecular weight is 598 g/mol. The van der Waals surface area contributed by atoms with Crippen LogP contribution in [-0.4, -0.2) is 58.1 Å². The highest BCUT2D eigenvalue weighted by molar-refractivity contribution is 9.12. The first kappa shape index (κ1) is 27.1. The van der Waals surface area contributed by atoms with Gasteiger partial charge < -0.3 is 14.9 Å². The van der Waals surface area contributed by atoms with E-state index in [0.29, 0.717) is 42.4 Å². The Morgan fingerprint density at radius 3 is 2.59 bits per heavy atom. The van der Waals surface area contributed by atoms with Crippen LogP contribution in [0.25, 0.3) is 0 Å². The molecule has 2 amide bonds. The van der Waals surface area contributed by atoms with Gasteiger partial charge in [-0.25, -0.2) is 0 Å². The number of allylic oxidation sites excluding steroid dienone is 6. The van der Waals surface area contributed by atoms with Crippen LogP contribution in [0.1, 0.15) is 50.0 Å². The zero-order valence-corrected chi connectivity index (χ0v) is 22.9. The number of aliphatic carboxylic acids is 1. The fourth-order valence-electron chi connectivity index (χ4n) is 6.47. The van der Waals surface area contributed by atoms with E-state index in [-0.39, 0.29) is 58.7 Å². The van der Waals surface area contributed by atoms with Crippen molar-refractivity contribution in [2.75, 3.05) is 13.7 Å². The van der Waals surface area contributed by atoms with Crippen LogP contribution in [0.5, 0.6) is 11.5 Å². The van der Waals surface area contributed by atoms with Crippen LogP contribution in [0, 0.1) is 17.8 Å². The number of rotatable bonds is 8. The molecule has 1 aromatic carbocycles. The molecule has 4 aliphatic rings. The molecule has 4 unspecified atom stereocenters. The Morgan fingerprint density at radius 1 is 1.10 bits per heavy atom. The minimum atomic E-state index is -0.878. The summed E-state index contributed by atoms with van der Waals surface area (Å²) in [5, 5.41) is 19.0. The Kier molecular flexibility index (Phi) is 7.33. The lowest BCUT2D eigenvalue weighted by Gasteiger charge is -2.42. The molecule has 0 bridgehead atoms. The number of aromatic hydroxyl groups is 1. The van der Waals surface area contributed by atoms with E-state index < -0.39 is 29.6 Å². The molecule has 204 valence electrons. The molecule has 5 rings (SSSR count). The van der Waals surface area contributed by atoms with Crippen LogP contribution in [-0.2, 0) is 24.0 Å². The lowest BCUT2D eigenvalue weighted by molar-refractivity contribution is -0.141. The molecule has 1 fully saturated rings. The number of phenols is 1. The zero-order valence-electron chi connectivity index (χ0n) is 21.3. The van der Waals surface area contributed by atoms with E-state index in [2.05, 4.69) is 15.9 Å². The smallest absolute Gasteiger partial charge is 0.303 e. The predicted octanol–water partition coefficient (Wildman–Crippen LogP) is 3.81. The number of benzene rings is 1. The third kappa shape index (κ3) is 4.64. The summed E-state index contributed by atoms with van der Waals surface area (Å²) in [7, 11) is 1.42. The van der Waals surface area contributed by atoms with Crippen LogP contribution >= 0.6 is 15.9 Å². The highest BCUT2D eigenvalue weighted by atomic mass is 79.9. The van der Waals surface area contributed by atoms with Crippen molar-refractivity contribution in [1.82, 2.24) is 4.90 Å². The number of imide groups is 1. The molecule has 1 heterocycles. The molecule has 0 spiro atoms. The largest absolute Gasteiger partial charge is 0.504 e. The first-order valence-corrected chi connectivity index (χ1v) is 13.8. The number of nitrogens with zero attached hydrogens (tertiary/aromatic N) is 1. The Bertz CT molecular complexity index is 1390. The van der Waals surface area contributed by atoms with E-state index >= 15 is 0 Å². The first-order valence-electron chi connectivity index (χ1n) is 13.0. The molecule has 4 atom stereocenters. The number of Topliss-reactive ketones (excluding diaryl/α,β-unsaturated/α-hetero) is 1. The SMILES string of the molecule is COc1cc(C2C3=CCC4C(=O)N(CCCCCC(=O)O)C(=O)C4C3CC3=C2C(=O)C=C(Br)C3=O)ccc1O. The third-order valence-corrected chi connectivity index (χ3v) is 8.82. The monoisotopic (exact) mass is 597 g/mol. The zero-order chi connectivity index (χ0) is 28.0. The second-order valence-electron chi connectivity index (χ2n) is 10.4. The highest BCUT2D eigenvalue weighted by Gasteiger charge is 2.56. The summed E-state index contributed by atoms with van der Waals surface area (Å²) in [4.78, 5) is 65.6. The molecule has 39 heavy (non-hydrogen) atoms. The number of likely N-dealkylation sites (tertiary alicyclic amines) is 1. The van der Waals surface area contributed by atoms with E-state index in [1.165, 1.54) is 24.2 Å². The summed E-state index contributed by atoms with van der Waals surface area (Å²) in [5.74, 6) is -4.13. The summed E-state index contributed by atoms with van der Waals surface area (Å²) >= 11 is 3.21. The van der Waals surface area contributed by atoms with Gasteiger partial charge in [-0.3, -0.25) is 28.9 Å². The number of ether oxygens (including phenoxy) is 1. The predicted molar refractivity (Wildman–Crippen MR) is 142 cm³/mol. The Balaban J connectivity index is 1.51. The fourth-order valence-corrected chi connectivity index (χ4v) is 6.92. The number of phenolic OH excluding ortho intramolecular Hbond substituents is 1. The molecule has 1 aliphatic heterocycles. The number of halogens is 1. The van der Waals surface area contributed by atoms with Crippen molar-refractivity contribution in [2.24, 2.45) is 17.8 Å². The summed E-state index contributed by atoms with van der Waals surface area (Å²) in [6.45, 7) is 0.227. The van der Waals surface area contributed by atoms with E-state index in [1.807, 2.05) is 6.08 Å². The molecule has 0 radical (unpaired) electrons. The molecule has 1 saturated heterocycles. The second-order valence-corrected chi connectivity index (χ2v) is 11.2. The molecule has 1 aromatic rings. The maximum absolute atomic E-state index is 13.7. The minimum Gasteiger partial charge on any atom is -0.504 e. The first-order chi connectivity index (χ1) is 18.6. The Labute approximate surface area is 233 Å². The number of hydrogen-bond acceptors (Lipinski definition) is 7. The number of fused-ring (bicyclic) bond motifs is 3. The van der Waals surface area contributed by atoms with E-state index in [9.17, 15) is 29.1 Å². The molecular formula is C29H28BrNO8. The normalized spacial score (nSPS) is 26.2. The number of carbonyl (C=O) groups is 5.